The molecule has 0 aromatic heterocycles. The molecular weight excluding hydrogens is 280 g/mol. The third kappa shape index (κ3) is 4.25. The van der Waals surface area contributed by atoms with Crippen LogP contribution in [0.15, 0.2) is 48.5 Å². The van der Waals surface area contributed by atoms with E-state index in [9.17, 15) is 4.79 Å². The minimum atomic E-state index is -0.353. The van der Waals surface area contributed by atoms with Crippen LogP contribution in [0.3, 0.4) is 0 Å². The van der Waals surface area contributed by atoms with Gasteiger partial charge in [0, 0.05) is 0 Å². The molecule has 116 valence electrons. The van der Waals surface area contributed by atoms with E-state index in [1.807, 2.05) is 18.2 Å². The molecule has 0 saturated heterocycles. The van der Waals surface area contributed by atoms with Gasteiger partial charge in [0.15, 0.2) is 11.5 Å². The number of hydrogen-bond donors (Lipinski definition) is 0. The van der Waals surface area contributed by atoms with Crippen LogP contribution in [0.1, 0.15) is 22.3 Å². The monoisotopic (exact) mass is 300 g/mol. The quantitative estimate of drug-likeness (QED) is 0.580. The Labute approximate surface area is 130 Å². The zero-order valence-electron chi connectivity index (χ0n) is 12.9. The number of carbonyl (C=O) groups is 1. The van der Waals surface area contributed by atoms with Gasteiger partial charge in [0.05, 0.1) is 26.4 Å². The summed E-state index contributed by atoms with van der Waals surface area (Å²) in [5, 5.41) is 0. The maximum atomic E-state index is 12.0. The standard InChI is InChI=1S/C18H20O4/c1-20-16-11-10-15(13-17(16)21-2)18(19)22-12-6-9-14-7-4-3-5-8-14/h3-5,7-8,10-11,13H,6,9,12H2,1-2H3. The van der Waals surface area contributed by atoms with Crippen molar-refractivity contribution in [2.45, 2.75) is 12.8 Å². The van der Waals surface area contributed by atoms with E-state index in [1.54, 1.807) is 25.3 Å². The van der Waals surface area contributed by atoms with Crippen LogP contribution in [0, 0.1) is 0 Å². The summed E-state index contributed by atoms with van der Waals surface area (Å²) in [5.74, 6) is 0.748. The Kier molecular flexibility index (Phi) is 5.83. The highest BCUT2D eigenvalue weighted by atomic mass is 16.5. The molecular formula is C18H20O4. The highest BCUT2D eigenvalue weighted by molar-refractivity contribution is 5.90. The fraction of sp³-hybridized carbons (Fsp3) is 0.278. The summed E-state index contributed by atoms with van der Waals surface area (Å²) in [6, 6.07) is 15.1. The second kappa shape index (κ2) is 8.08. The molecule has 0 fully saturated rings. The summed E-state index contributed by atoms with van der Waals surface area (Å²) < 4.78 is 15.6. The Morgan fingerprint density at radius 2 is 1.68 bits per heavy atom. The number of carbonyl (C=O) groups excluding carboxylic acids is 1. The van der Waals surface area contributed by atoms with Gasteiger partial charge in [0.2, 0.25) is 0 Å². The van der Waals surface area contributed by atoms with Gasteiger partial charge >= 0.3 is 5.97 Å². The third-order valence-electron chi connectivity index (χ3n) is 3.31. The maximum absolute atomic E-state index is 12.0. The van der Waals surface area contributed by atoms with E-state index >= 15 is 0 Å². The Balaban J connectivity index is 1.84. The van der Waals surface area contributed by atoms with Crippen molar-refractivity contribution in [1.29, 1.82) is 0 Å². The summed E-state index contributed by atoms with van der Waals surface area (Å²) in [6.45, 7) is 0.391. The van der Waals surface area contributed by atoms with Crippen LogP contribution in [0.4, 0.5) is 0 Å². The van der Waals surface area contributed by atoms with Crippen molar-refractivity contribution >= 4 is 5.97 Å². The van der Waals surface area contributed by atoms with Crippen LogP contribution in [0.25, 0.3) is 0 Å². The number of esters is 1. The fourth-order valence-electron chi connectivity index (χ4n) is 2.13. The summed E-state index contributed by atoms with van der Waals surface area (Å²) in [6.07, 6.45) is 1.68. The topological polar surface area (TPSA) is 44.8 Å². The van der Waals surface area contributed by atoms with E-state index in [2.05, 4.69) is 12.1 Å². The van der Waals surface area contributed by atoms with Gasteiger partial charge in [0.1, 0.15) is 0 Å². The van der Waals surface area contributed by atoms with E-state index in [-0.39, 0.29) is 5.97 Å². The Bertz CT molecular complexity index is 608. The molecule has 0 heterocycles. The first-order valence-corrected chi connectivity index (χ1v) is 7.17. The first-order chi connectivity index (χ1) is 10.7. The van der Waals surface area contributed by atoms with Gasteiger partial charge < -0.3 is 14.2 Å². The SMILES string of the molecule is COc1ccc(C(=O)OCCCc2ccccc2)cc1OC. The number of rotatable bonds is 7. The Morgan fingerprint density at radius 1 is 0.955 bits per heavy atom. The van der Waals surface area contributed by atoms with E-state index < -0.39 is 0 Å². The Morgan fingerprint density at radius 3 is 2.36 bits per heavy atom. The van der Waals surface area contributed by atoms with Crippen molar-refractivity contribution in [3.8, 4) is 11.5 Å². The Hall–Kier alpha value is -2.49. The molecule has 2 aromatic rings. The zero-order chi connectivity index (χ0) is 15.8. The first-order valence-electron chi connectivity index (χ1n) is 7.17. The molecule has 0 radical (unpaired) electrons. The van der Waals surface area contributed by atoms with E-state index in [4.69, 9.17) is 14.2 Å². The normalized spacial score (nSPS) is 10.1. The van der Waals surface area contributed by atoms with E-state index in [0.717, 1.165) is 12.8 Å². The van der Waals surface area contributed by atoms with Gasteiger partial charge in [-0.2, -0.15) is 0 Å². The lowest BCUT2D eigenvalue weighted by Crippen LogP contribution is -2.07. The van der Waals surface area contributed by atoms with Crippen LogP contribution in [0.2, 0.25) is 0 Å². The van der Waals surface area contributed by atoms with Crippen molar-refractivity contribution < 1.29 is 19.0 Å². The number of aryl methyl sites for hydroxylation is 1. The van der Waals surface area contributed by atoms with Crippen molar-refractivity contribution in [3.05, 3.63) is 59.7 Å². The van der Waals surface area contributed by atoms with Gasteiger partial charge in [0.25, 0.3) is 0 Å². The van der Waals surface area contributed by atoms with Crippen molar-refractivity contribution in [2.24, 2.45) is 0 Å². The third-order valence-corrected chi connectivity index (χ3v) is 3.31. The molecule has 0 aliphatic rings. The van der Waals surface area contributed by atoms with Crippen LogP contribution in [0.5, 0.6) is 11.5 Å². The number of ether oxygens (including phenoxy) is 3. The van der Waals surface area contributed by atoms with E-state index in [1.165, 1.54) is 12.7 Å². The summed E-state index contributed by atoms with van der Waals surface area (Å²) in [4.78, 5) is 12.0. The molecule has 22 heavy (non-hydrogen) atoms. The predicted octanol–water partition coefficient (Wildman–Crippen LogP) is 3.49. The van der Waals surface area contributed by atoms with Gasteiger partial charge in [-0.3, -0.25) is 0 Å². The van der Waals surface area contributed by atoms with Crippen molar-refractivity contribution in [2.75, 3.05) is 20.8 Å². The highest BCUT2D eigenvalue weighted by Crippen LogP contribution is 2.27. The minimum absolute atomic E-state index is 0.353. The molecule has 0 bridgehead atoms. The van der Waals surface area contributed by atoms with Crippen LogP contribution in [-0.2, 0) is 11.2 Å². The average molecular weight is 300 g/mol. The second-order valence-corrected chi connectivity index (χ2v) is 4.79. The summed E-state index contributed by atoms with van der Waals surface area (Å²) >= 11 is 0. The van der Waals surface area contributed by atoms with Crippen molar-refractivity contribution in [1.82, 2.24) is 0 Å². The predicted molar refractivity (Wildman–Crippen MR) is 84.6 cm³/mol. The molecule has 0 aliphatic heterocycles. The van der Waals surface area contributed by atoms with Gasteiger partial charge in [-0.15, -0.1) is 0 Å². The van der Waals surface area contributed by atoms with Gasteiger partial charge in [-0.25, -0.2) is 4.79 Å². The molecule has 0 aliphatic carbocycles. The molecule has 4 heteroatoms. The van der Waals surface area contributed by atoms with Crippen LogP contribution < -0.4 is 9.47 Å². The lowest BCUT2D eigenvalue weighted by molar-refractivity contribution is 0.0500. The van der Waals surface area contributed by atoms with Crippen LogP contribution in [-0.4, -0.2) is 26.8 Å². The molecule has 0 amide bonds. The molecule has 0 saturated carbocycles. The highest BCUT2D eigenvalue weighted by Gasteiger charge is 2.11. The van der Waals surface area contributed by atoms with Gasteiger partial charge in [-0.05, 0) is 36.6 Å². The first kappa shape index (κ1) is 15.9. The smallest absolute Gasteiger partial charge is 0.338 e. The van der Waals surface area contributed by atoms with E-state index in [0.29, 0.717) is 23.7 Å². The van der Waals surface area contributed by atoms with Crippen molar-refractivity contribution in [3.63, 3.8) is 0 Å². The number of benzene rings is 2. The molecule has 4 nitrogen and oxygen atoms in total. The molecule has 2 rings (SSSR count). The molecule has 0 spiro atoms. The minimum Gasteiger partial charge on any atom is -0.493 e. The maximum Gasteiger partial charge on any atom is 0.338 e. The lowest BCUT2D eigenvalue weighted by Gasteiger charge is -2.09. The second-order valence-electron chi connectivity index (χ2n) is 4.79. The van der Waals surface area contributed by atoms with Gasteiger partial charge in [-0.1, -0.05) is 30.3 Å². The molecule has 2 aromatic carbocycles. The molecule has 0 N–H and O–H groups in total. The number of methoxy groups -OCH3 is 2. The zero-order valence-corrected chi connectivity index (χ0v) is 12.9. The largest absolute Gasteiger partial charge is 0.493 e. The number of hydrogen-bond acceptors (Lipinski definition) is 4. The lowest BCUT2D eigenvalue weighted by atomic mass is 10.1. The molecule has 0 atom stereocenters. The average Bonchev–Trinajstić information content (AvgIpc) is 2.58. The molecule has 0 unspecified atom stereocenters. The van der Waals surface area contributed by atoms with Crippen LogP contribution >= 0.6 is 0 Å². The summed E-state index contributed by atoms with van der Waals surface area (Å²) in [5.41, 5.74) is 1.70. The fourth-order valence-corrected chi connectivity index (χ4v) is 2.13. The summed E-state index contributed by atoms with van der Waals surface area (Å²) in [7, 11) is 3.09.